The Kier molecular flexibility index (Phi) is 6.34. The Hall–Kier alpha value is -2.98. The van der Waals surface area contributed by atoms with Gasteiger partial charge in [0.05, 0.1) is 0 Å². The van der Waals surface area contributed by atoms with Crippen molar-refractivity contribution in [3.05, 3.63) is 107 Å². The fourth-order valence-electron chi connectivity index (χ4n) is 3.06. The van der Waals surface area contributed by atoms with Gasteiger partial charge in [-0.1, -0.05) is 72.8 Å². The van der Waals surface area contributed by atoms with Gasteiger partial charge in [-0.25, -0.2) is 4.39 Å². The molecule has 1 amide bonds. The molecule has 0 aromatic heterocycles. The summed E-state index contributed by atoms with van der Waals surface area (Å²) in [5.41, 5.74) is 3.18. The molecule has 4 heteroatoms. The van der Waals surface area contributed by atoms with Crippen molar-refractivity contribution in [2.45, 2.75) is 25.6 Å². The van der Waals surface area contributed by atoms with Crippen LogP contribution in [0.25, 0.3) is 0 Å². The first-order valence-electron chi connectivity index (χ1n) is 9.10. The molecule has 27 heavy (non-hydrogen) atoms. The predicted molar refractivity (Wildman–Crippen MR) is 104 cm³/mol. The van der Waals surface area contributed by atoms with E-state index in [1.54, 1.807) is 12.1 Å². The maximum atomic E-state index is 13.0. The molecule has 3 nitrogen and oxygen atoms in total. The summed E-state index contributed by atoms with van der Waals surface area (Å²) >= 11 is 0. The van der Waals surface area contributed by atoms with Crippen LogP contribution in [0.5, 0.6) is 0 Å². The van der Waals surface area contributed by atoms with Crippen LogP contribution >= 0.6 is 0 Å². The molecule has 0 heterocycles. The zero-order valence-corrected chi connectivity index (χ0v) is 15.3. The molecule has 3 N–H and O–H groups in total. The van der Waals surface area contributed by atoms with Gasteiger partial charge < -0.3 is 10.6 Å². The van der Waals surface area contributed by atoms with Crippen molar-refractivity contribution in [3.63, 3.8) is 0 Å². The SMILES string of the molecule is C[C@@H]([NH2+]C(c1ccccc1)c1ccccc1)C(=O)NCc1ccc(F)cc1. The van der Waals surface area contributed by atoms with Crippen LogP contribution in [0.1, 0.15) is 29.7 Å². The van der Waals surface area contributed by atoms with Crippen molar-refractivity contribution in [3.8, 4) is 0 Å². The van der Waals surface area contributed by atoms with E-state index in [0.717, 1.165) is 16.7 Å². The summed E-state index contributed by atoms with van der Waals surface area (Å²) in [5, 5.41) is 5.01. The van der Waals surface area contributed by atoms with E-state index in [9.17, 15) is 9.18 Å². The second-order valence-corrected chi connectivity index (χ2v) is 6.62. The Balaban J connectivity index is 1.67. The van der Waals surface area contributed by atoms with Gasteiger partial charge in [0.2, 0.25) is 0 Å². The van der Waals surface area contributed by atoms with Crippen LogP contribution in [-0.4, -0.2) is 11.9 Å². The number of amides is 1. The van der Waals surface area contributed by atoms with Crippen LogP contribution in [-0.2, 0) is 11.3 Å². The van der Waals surface area contributed by atoms with Crippen LogP contribution in [0.2, 0.25) is 0 Å². The van der Waals surface area contributed by atoms with Crippen molar-refractivity contribution >= 4 is 5.91 Å². The molecule has 0 spiro atoms. The maximum absolute atomic E-state index is 13.0. The minimum absolute atomic E-state index is 0.0407. The van der Waals surface area contributed by atoms with Crippen LogP contribution < -0.4 is 10.6 Å². The lowest BCUT2D eigenvalue weighted by atomic mass is 9.98. The van der Waals surface area contributed by atoms with Crippen molar-refractivity contribution in [2.24, 2.45) is 0 Å². The molecule has 3 aromatic carbocycles. The number of halogens is 1. The number of benzene rings is 3. The van der Waals surface area contributed by atoms with Crippen LogP contribution in [0.3, 0.4) is 0 Å². The monoisotopic (exact) mass is 363 g/mol. The molecule has 3 rings (SSSR count). The van der Waals surface area contributed by atoms with E-state index in [1.165, 1.54) is 12.1 Å². The molecule has 0 unspecified atom stereocenters. The first-order chi connectivity index (χ1) is 13.1. The highest BCUT2D eigenvalue weighted by Gasteiger charge is 2.24. The standard InChI is InChI=1S/C23H23FN2O/c1-17(23(27)25-16-18-12-14-21(24)15-13-18)26-22(19-8-4-2-5-9-19)20-10-6-3-7-11-20/h2-15,17,22,26H,16H2,1H3,(H,25,27)/p+1/t17-/m1/s1. The zero-order chi connectivity index (χ0) is 19.1. The van der Waals surface area contributed by atoms with E-state index in [1.807, 2.05) is 43.3 Å². The van der Waals surface area contributed by atoms with Crippen molar-refractivity contribution in [1.82, 2.24) is 5.32 Å². The van der Waals surface area contributed by atoms with Gasteiger partial charge in [0.15, 0.2) is 6.04 Å². The Morgan fingerprint density at radius 2 is 1.41 bits per heavy atom. The molecule has 0 aliphatic carbocycles. The third-order valence-corrected chi connectivity index (χ3v) is 4.59. The topological polar surface area (TPSA) is 45.7 Å². The third kappa shape index (κ3) is 5.25. The summed E-state index contributed by atoms with van der Waals surface area (Å²) in [4.78, 5) is 12.6. The molecule has 0 fully saturated rings. The molecular weight excluding hydrogens is 339 g/mol. The lowest BCUT2D eigenvalue weighted by molar-refractivity contribution is -0.704. The molecule has 0 saturated carbocycles. The normalized spacial score (nSPS) is 12.0. The lowest BCUT2D eigenvalue weighted by Crippen LogP contribution is -2.92. The molecule has 0 aliphatic heterocycles. The highest BCUT2D eigenvalue weighted by atomic mass is 19.1. The lowest BCUT2D eigenvalue weighted by Gasteiger charge is -2.20. The Labute approximate surface area is 159 Å². The van der Waals surface area contributed by atoms with Gasteiger partial charge in [-0.15, -0.1) is 0 Å². The average Bonchev–Trinajstić information content (AvgIpc) is 2.72. The quantitative estimate of drug-likeness (QED) is 0.665. The number of carbonyl (C=O) groups is 1. The fraction of sp³-hybridized carbons (Fsp3) is 0.174. The van der Waals surface area contributed by atoms with Crippen molar-refractivity contribution in [2.75, 3.05) is 0 Å². The average molecular weight is 363 g/mol. The second-order valence-electron chi connectivity index (χ2n) is 6.62. The second kappa shape index (κ2) is 9.10. The van der Waals surface area contributed by atoms with E-state index in [-0.39, 0.29) is 23.8 Å². The third-order valence-electron chi connectivity index (χ3n) is 4.59. The molecule has 0 bridgehead atoms. The Morgan fingerprint density at radius 1 is 0.889 bits per heavy atom. The van der Waals surface area contributed by atoms with Gasteiger partial charge in [0.1, 0.15) is 11.9 Å². The van der Waals surface area contributed by atoms with Crippen LogP contribution in [0, 0.1) is 5.82 Å². The Morgan fingerprint density at radius 3 is 1.93 bits per heavy atom. The summed E-state index contributed by atoms with van der Waals surface area (Å²) in [7, 11) is 0. The summed E-state index contributed by atoms with van der Waals surface area (Å²) in [6.45, 7) is 2.29. The molecule has 0 aliphatic rings. The van der Waals surface area contributed by atoms with Crippen molar-refractivity contribution < 1.29 is 14.5 Å². The molecule has 0 radical (unpaired) electrons. The molecule has 0 saturated heterocycles. The van der Waals surface area contributed by atoms with Crippen LogP contribution in [0.4, 0.5) is 4.39 Å². The summed E-state index contributed by atoms with van der Waals surface area (Å²) in [5.74, 6) is -0.323. The molecule has 1 atom stereocenters. The minimum atomic E-state index is -0.277. The van der Waals surface area contributed by atoms with Gasteiger partial charge in [0.25, 0.3) is 5.91 Å². The van der Waals surface area contributed by atoms with E-state index in [2.05, 4.69) is 34.9 Å². The first-order valence-corrected chi connectivity index (χ1v) is 9.10. The Bertz CT molecular complexity index is 811. The number of rotatable bonds is 7. The van der Waals surface area contributed by atoms with Crippen LogP contribution in [0.15, 0.2) is 84.9 Å². The molecule has 138 valence electrons. The largest absolute Gasteiger partial charge is 0.347 e. The summed E-state index contributed by atoms with van der Waals surface area (Å²) in [6, 6.07) is 26.3. The van der Waals surface area contributed by atoms with Gasteiger partial charge in [-0.05, 0) is 24.6 Å². The minimum Gasteiger partial charge on any atom is -0.347 e. The number of quaternary nitrogens is 1. The van der Waals surface area contributed by atoms with Gasteiger partial charge in [-0.3, -0.25) is 4.79 Å². The first kappa shape index (κ1) is 18.8. The molecular formula is C23H24FN2O+. The number of carbonyl (C=O) groups excluding carboxylic acids is 1. The highest BCUT2D eigenvalue weighted by Crippen LogP contribution is 2.18. The van der Waals surface area contributed by atoms with Gasteiger partial charge >= 0.3 is 0 Å². The zero-order valence-electron chi connectivity index (χ0n) is 15.3. The summed E-state index contributed by atoms with van der Waals surface area (Å²) in [6.07, 6.45) is 0. The van der Waals surface area contributed by atoms with Gasteiger partial charge in [-0.2, -0.15) is 0 Å². The number of hydrogen-bond donors (Lipinski definition) is 2. The highest BCUT2D eigenvalue weighted by molar-refractivity contribution is 5.79. The number of hydrogen-bond acceptors (Lipinski definition) is 1. The van der Waals surface area contributed by atoms with E-state index < -0.39 is 0 Å². The van der Waals surface area contributed by atoms with Crippen molar-refractivity contribution in [1.29, 1.82) is 0 Å². The fourth-order valence-corrected chi connectivity index (χ4v) is 3.06. The number of nitrogens with two attached hydrogens (primary N) is 1. The molecule has 3 aromatic rings. The smallest absolute Gasteiger partial charge is 0.278 e. The van der Waals surface area contributed by atoms with E-state index in [4.69, 9.17) is 0 Å². The summed E-state index contributed by atoms with van der Waals surface area (Å²) < 4.78 is 13.0. The number of nitrogens with one attached hydrogen (secondary N) is 1. The van der Waals surface area contributed by atoms with Gasteiger partial charge in [0, 0.05) is 17.7 Å². The predicted octanol–water partition coefficient (Wildman–Crippen LogP) is 3.18. The van der Waals surface area contributed by atoms with E-state index >= 15 is 0 Å². The maximum Gasteiger partial charge on any atom is 0.278 e. The van der Waals surface area contributed by atoms with E-state index in [0.29, 0.717) is 6.54 Å².